The third-order valence-electron chi connectivity index (χ3n) is 2.50. The number of carbonyl (C=O) groups is 1. The molecule has 0 radical (unpaired) electrons. The molecule has 0 saturated carbocycles. The highest BCUT2D eigenvalue weighted by molar-refractivity contribution is 5.75. The van der Waals surface area contributed by atoms with E-state index in [1.807, 2.05) is 32.0 Å². The molecule has 17 heavy (non-hydrogen) atoms. The van der Waals surface area contributed by atoms with Gasteiger partial charge in [0.2, 0.25) is 0 Å². The average molecular weight is 237 g/mol. The minimum absolute atomic E-state index is 0.392. The van der Waals surface area contributed by atoms with Gasteiger partial charge in [-0.1, -0.05) is 12.1 Å². The van der Waals surface area contributed by atoms with Gasteiger partial charge in [-0.25, -0.2) is 0 Å². The highest BCUT2D eigenvalue weighted by Crippen LogP contribution is 2.19. The lowest BCUT2D eigenvalue weighted by molar-refractivity contribution is -0.142. The molecule has 0 saturated heterocycles. The number of rotatable bonds is 5. The summed E-state index contributed by atoms with van der Waals surface area (Å²) < 4.78 is 10.0. The predicted molar refractivity (Wildman–Crippen MR) is 66.0 cm³/mol. The lowest BCUT2D eigenvalue weighted by Gasteiger charge is -2.12. The van der Waals surface area contributed by atoms with Gasteiger partial charge in [-0.05, 0) is 37.5 Å². The van der Waals surface area contributed by atoms with Gasteiger partial charge in [0.1, 0.15) is 11.8 Å². The molecular weight excluding hydrogens is 218 g/mol. The van der Waals surface area contributed by atoms with Gasteiger partial charge < -0.3 is 15.2 Å². The second kappa shape index (κ2) is 6.25. The Hall–Kier alpha value is -1.55. The molecule has 0 aromatic heterocycles. The summed E-state index contributed by atoms with van der Waals surface area (Å²) in [7, 11) is 1.34. The fraction of sp³-hybridized carbons (Fsp3) is 0.462. The summed E-state index contributed by atoms with van der Waals surface area (Å²) in [5, 5.41) is 0. The van der Waals surface area contributed by atoms with E-state index in [0.717, 1.165) is 16.9 Å². The molecule has 0 bridgehead atoms. The van der Waals surface area contributed by atoms with E-state index < -0.39 is 12.0 Å². The lowest BCUT2D eigenvalue weighted by Crippen LogP contribution is -2.33. The van der Waals surface area contributed by atoms with Gasteiger partial charge in [0, 0.05) is 0 Å². The first kappa shape index (κ1) is 13.5. The van der Waals surface area contributed by atoms with Crippen molar-refractivity contribution in [2.75, 3.05) is 13.7 Å². The van der Waals surface area contributed by atoms with E-state index in [0.29, 0.717) is 13.0 Å². The van der Waals surface area contributed by atoms with Gasteiger partial charge in [0.05, 0.1) is 13.7 Å². The van der Waals surface area contributed by atoms with Crippen LogP contribution in [0.15, 0.2) is 18.2 Å². The van der Waals surface area contributed by atoms with Gasteiger partial charge in [-0.3, -0.25) is 4.79 Å². The van der Waals surface area contributed by atoms with Crippen molar-refractivity contribution in [3.05, 3.63) is 29.3 Å². The van der Waals surface area contributed by atoms with Crippen LogP contribution in [0.2, 0.25) is 0 Å². The van der Waals surface area contributed by atoms with Crippen molar-refractivity contribution < 1.29 is 14.3 Å². The molecule has 1 unspecified atom stereocenters. The molecular formula is C13H19NO3. The Kier molecular flexibility index (Phi) is 4.97. The van der Waals surface area contributed by atoms with Crippen LogP contribution in [-0.4, -0.2) is 25.7 Å². The van der Waals surface area contributed by atoms with E-state index >= 15 is 0 Å². The van der Waals surface area contributed by atoms with Crippen molar-refractivity contribution in [3.8, 4) is 5.75 Å². The van der Waals surface area contributed by atoms with Gasteiger partial charge in [0.25, 0.3) is 0 Å². The Balaban J connectivity index is 2.73. The number of hydrogen-bond acceptors (Lipinski definition) is 4. The fourth-order valence-corrected chi connectivity index (χ4v) is 1.64. The largest absolute Gasteiger partial charge is 0.494 e. The van der Waals surface area contributed by atoms with E-state index in [1.54, 1.807) is 0 Å². The van der Waals surface area contributed by atoms with Crippen LogP contribution in [0, 0.1) is 6.92 Å². The first-order valence-electron chi connectivity index (χ1n) is 5.64. The van der Waals surface area contributed by atoms with E-state index in [2.05, 4.69) is 4.74 Å². The highest BCUT2D eigenvalue weighted by atomic mass is 16.5. The summed E-state index contributed by atoms with van der Waals surface area (Å²) in [5.41, 5.74) is 7.75. The standard InChI is InChI=1S/C13H19NO3/c1-4-17-12-6-5-10(7-9(12)2)8-11(14)13(15)16-3/h5-7,11H,4,8,14H2,1-3H3. The maximum absolute atomic E-state index is 11.2. The van der Waals surface area contributed by atoms with Gasteiger partial charge in [0.15, 0.2) is 0 Å². The SMILES string of the molecule is CCOc1ccc(CC(N)C(=O)OC)cc1C. The number of benzene rings is 1. The summed E-state index contributed by atoms with van der Waals surface area (Å²) in [6, 6.07) is 5.18. The monoisotopic (exact) mass is 237 g/mol. The molecule has 1 atom stereocenters. The maximum Gasteiger partial charge on any atom is 0.322 e. The number of ether oxygens (including phenoxy) is 2. The Bertz CT molecular complexity index is 390. The van der Waals surface area contributed by atoms with Crippen molar-refractivity contribution in [2.45, 2.75) is 26.3 Å². The number of nitrogens with two attached hydrogens (primary N) is 1. The third-order valence-corrected chi connectivity index (χ3v) is 2.50. The first-order chi connectivity index (χ1) is 8.08. The molecule has 1 rings (SSSR count). The van der Waals surface area contributed by atoms with Crippen LogP contribution in [0.25, 0.3) is 0 Å². The molecule has 0 amide bonds. The minimum Gasteiger partial charge on any atom is -0.494 e. The number of esters is 1. The Labute approximate surface area is 102 Å². The van der Waals surface area contributed by atoms with Crippen LogP contribution in [0.3, 0.4) is 0 Å². The number of hydrogen-bond donors (Lipinski definition) is 1. The summed E-state index contributed by atoms with van der Waals surface area (Å²) in [5.74, 6) is 0.472. The zero-order valence-electron chi connectivity index (χ0n) is 10.5. The van der Waals surface area contributed by atoms with Crippen molar-refractivity contribution in [1.29, 1.82) is 0 Å². The number of aryl methyl sites for hydroxylation is 1. The van der Waals surface area contributed by atoms with E-state index in [-0.39, 0.29) is 0 Å². The quantitative estimate of drug-likeness (QED) is 0.787. The summed E-state index contributed by atoms with van der Waals surface area (Å²) in [6.07, 6.45) is 0.472. The zero-order valence-corrected chi connectivity index (χ0v) is 10.5. The molecule has 0 aliphatic rings. The topological polar surface area (TPSA) is 61.5 Å². The molecule has 2 N–H and O–H groups in total. The maximum atomic E-state index is 11.2. The lowest BCUT2D eigenvalue weighted by atomic mass is 10.0. The van der Waals surface area contributed by atoms with Crippen molar-refractivity contribution in [2.24, 2.45) is 5.73 Å². The Morgan fingerprint density at radius 1 is 1.47 bits per heavy atom. The van der Waals surface area contributed by atoms with Crippen LogP contribution in [0.5, 0.6) is 5.75 Å². The summed E-state index contributed by atoms with van der Waals surface area (Å²) in [6.45, 7) is 4.56. The highest BCUT2D eigenvalue weighted by Gasteiger charge is 2.14. The van der Waals surface area contributed by atoms with Gasteiger partial charge >= 0.3 is 5.97 Å². The van der Waals surface area contributed by atoms with Crippen LogP contribution in [0.4, 0.5) is 0 Å². The Morgan fingerprint density at radius 2 is 2.18 bits per heavy atom. The van der Waals surface area contributed by atoms with Crippen LogP contribution >= 0.6 is 0 Å². The second-order valence-electron chi connectivity index (χ2n) is 3.87. The van der Waals surface area contributed by atoms with Crippen molar-refractivity contribution in [3.63, 3.8) is 0 Å². The molecule has 4 heteroatoms. The van der Waals surface area contributed by atoms with E-state index in [1.165, 1.54) is 7.11 Å². The van der Waals surface area contributed by atoms with Crippen LogP contribution < -0.4 is 10.5 Å². The Morgan fingerprint density at radius 3 is 2.71 bits per heavy atom. The predicted octanol–water partition coefficient (Wildman–Crippen LogP) is 1.44. The van der Waals surface area contributed by atoms with E-state index in [4.69, 9.17) is 10.5 Å². The van der Waals surface area contributed by atoms with Gasteiger partial charge in [-0.2, -0.15) is 0 Å². The number of carbonyl (C=O) groups excluding carboxylic acids is 1. The normalized spacial score (nSPS) is 12.0. The molecule has 0 heterocycles. The molecule has 0 aliphatic carbocycles. The number of methoxy groups -OCH3 is 1. The molecule has 0 aliphatic heterocycles. The van der Waals surface area contributed by atoms with E-state index in [9.17, 15) is 4.79 Å². The molecule has 94 valence electrons. The third kappa shape index (κ3) is 3.75. The van der Waals surface area contributed by atoms with Gasteiger partial charge in [-0.15, -0.1) is 0 Å². The smallest absolute Gasteiger partial charge is 0.322 e. The molecule has 0 spiro atoms. The molecule has 1 aromatic carbocycles. The molecule has 0 fully saturated rings. The summed E-state index contributed by atoms with van der Waals surface area (Å²) >= 11 is 0. The first-order valence-corrected chi connectivity index (χ1v) is 5.64. The minimum atomic E-state index is -0.614. The van der Waals surface area contributed by atoms with Crippen LogP contribution in [0.1, 0.15) is 18.1 Å². The van der Waals surface area contributed by atoms with Crippen molar-refractivity contribution in [1.82, 2.24) is 0 Å². The second-order valence-corrected chi connectivity index (χ2v) is 3.87. The van der Waals surface area contributed by atoms with Crippen LogP contribution in [-0.2, 0) is 16.0 Å². The summed E-state index contributed by atoms with van der Waals surface area (Å²) in [4.78, 5) is 11.2. The molecule has 4 nitrogen and oxygen atoms in total. The zero-order chi connectivity index (χ0) is 12.8. The fourth-order valence-electron chi connectivity index (χ4n) is 1.64. The van der Waals surface area contributed by atoms with Crippen molar-refractivity contribution >= 4 is 5.97 Å². The average Bonchev–Trinajstić information content (AvgIpc) is 2.31. The molecule has 1 aromatic rings.